The Morgan fingerprint density at radius 1 is 1.06 bits per heavy atom. The number of halogens is 2. The molecule has 7 nitrogen and oxygen atoms in total. The fourth-order valence-corrected chi connectivity index (χ4v) is 5.66. The van der Waals surface area contributed by atoms with Gasteiger partial charge in [-0.2, -0.15) is 5.10 Å². The Morgan fingerprint density at radius 3 is 2.41 bits per heavy atom. The van der Waals surface area contributed by atoms with Crippen molar-refractivity contribution in [1.82, 2.24) is 19.9 Å². The average molecular weight is 484 g/mol. The Labute approximate surface area is 202 Å². The summed E-state index contributed by atoms with van der Waals surface area (Å²) in [6.07, 6.45) is 5.72. The minimum Gasteiger partial charge on any atom is -0.346 e. The molecule has 9 heteroatoms. The molecule has 2 bridgehead atoms. The van der Waals surface area contributed by atoms with Gasteiger partial charge >= 0.3 is 0 Å². The van der Waals surface area contributed by atoms with Gasteiger partial charge in [0.2, 0.25) is 5.91 Å². The summed E-state index contributed by atoms with van der Waals surface area (Å²) in [5.74, 6) is -0.665. The SMILES string of the molecule is Cc1cc(C)n2ncc(C(=O)NC34CCC(C(=O)Nc5cc(C)c(F)cc5Cl)(CC3)CC4)c2n1. The molecule has 2 heterocycles. The van der Waals surface area contributed by atoms with Crippen LogP contribution in [0.3, 0.4) is 0 Å². The molecule has 1 aromatic carbocycles. The van der Waals surface area contributed by atoms with Crippen LogP contribution in [-0.4, -0.2) is 32.0 Å². The van der Waals surface area contributed by atoms with Gasteiger partial charge in [-0.25, -0.2) is 13.9 Å². The molecule has 2 amide bonds. The highest BCUT2D eigenvalue weighted by atomic mass is 35.5. The number of anilines is 1. The van der Waals surface area contributed by atoms with Gasteiger partial charge in [-0.1, -0.05) is 11.6 Å². The molecule has 2 aromatic heterocycles. The van der Waals surface area contributed by atoms with Crippen molar-refractivity contribution in [1.29, 1.82) is 0 Å². The molecule has 0 saturated heterocycles. The Bertz CT molecular complexity index is 1310. The van der Waals surface area contributed by atoms with Gasteiger partial charge in [-0.3, -0.25) is 9.59 Å². The van der Waals surface area contributed by atoms with Crippen LogP contribution in [-0.2, 0) is 4.79 Å². The number of aromatic nitrogens is 3. The summed E-state index contributed by atoms with van der Waals surface area (Å²) in [6.45, 7) is 5.47. The first kappa shape index (κ1) is 22.8. The van der Waals surface area contributed by atoms with Gasteiger partial charge in [0, 0.05) is 22.3 Å². The molecule has 3 aliphatic rings. The lowest BCUT2D eigenvalue weighted by atomic mass is 9.57. The van der Waals surface area contributed by atoms with E-state index in [4.69, 9.17) is 11.6 Å². The average Bonchev–Trinajstić information content (AvgIpc) is 3.23. The molecule has 0 unspecified atom stereocenters. The normalized spacial score (nSPS) is 23.8. The minimum atomic E-state index is -0.502. The van der Waals surface area contributed by atoms with Crippen LogP contribution in [0.1, 0.15) is 65.8 Å². The van der Waals surface area contributed by atoms with E-state index in [-0.39, 0.29) is 22.4 Å². The number of benzene rings is 1. The highest BCUT2D eigenvalue weighted by Crippen LogP contribution is 2.53. The zero-order valence-corrected chi connectivity index (χ0v) is 20.2. The van der Waals surface area contributed by atoms with Crippen LogP contribution in [0, 0.1) is 32.0 Å². The number of carbonyl (C=O) groups excluding carboxylic acids is 2. The number of nitrogens with one attached hydrogen (secondary N) is 2. The molecule has 3 aliphatic carbocycles. The first-order valence-corrected chi connectivity index (χ1v) is 11.9. The molecule has 0 aliphatic heterocycles. The number of rotatable bonds is 4. The molecule has 6 rings (SSSR count). The van der Waals surface area contributed by atoms with Crippen LogP contribution in [0.2, 0.25) is 5.02 Å². The van der Waals surface area contributed by atoms with Gasteiger partial charge in [-0.05, 0) is 83.1 Å². The topological polar surface area (TPSA) is 88.4 Å². The number of aryl methyl sites for hydroxylation is 3. The van der Waals surface area contributed by atoms with Crippen molar-refractivity contribution in [3.8, 4) is 0 Å². The maximum Gasteiger partial charge on any atom is 0.257 e. The van der Waals surface area contributed by atoms with Crippen molar-refractivity contribution in [2.24, 2.45) is 5.41 Å². The van der Waals surface area contributed by atoms with E-state index in [0.29, 0.717) is 61.0 Å². The minimum absolute atomic E-state index is 0.0854. The molecule has 34 heavy (non-hydrogen) atoms. The lowest BCUT2D eigenvalue weighted by Gasteiger charge is -2.52. The van der Waals surface area contributed by atoms with Crippen molar-refractivity contribution in [2.45, 2.75) is 64.8 Å². The monoisotopic (exact) mass is 483 g/mol. The Balaban J connectivity index is 1.30. The third-order valence-corrected chi connectivity index (χ3v) is 7.94. The summed E-state index contributed by atoms with van der Waals surface area (Å²) >= 11 is 6.16. The van der Waals surface area contributed by atoms with Crippen molar-refractivity contribution in [3.05, 3.63) is 57.8 Å². The zero-order chi connectivity index (χ0) is 24.3. The largest absolute Gasteiger partial charge is 0.346 e. The number of carbonyl (C=O) groups is 2. The summed E-state index contributed by atoms with van der Waals surface area (Å²) < 4.78 is 15.4. The molecule has 0 atom stereocenters. The molecule has 3 fully saturated rings. The summed E-state index contributed by atoms with van der Waals surface area (Å²) in [6, 6.07) is 4.72. The van der Waals surface area contributed by atoms with E-state index >= 15 is 0 Å². The molecular weight excluding hydrogens is 457 g/mol. The van der Waals surface area contributed by atoms with Crippen LogP contribution in [0.15, 0.2) is 24.4 Å². The van der Waals surface area contributed by atoms with Crippen LogP contribution in [0.25, 0.3) is 5.65 Å². The second-order valence-electron chi connectivity index (χ2n) is 9.88. The Kier molecular flexibility index (Phi) is 5.39. The zero-order valence-electron chi connectivity index (χ0n) is 19.5. The van der Waals surface area contributed by atoms with Crippen molar-refractivity contribution in [2.75, 3.05) is 5.32 Å². The highest BCUT2D eigenvalue weighted by Gasteiger charge is 2.53. The van der Waals surface area contributed by atoms with Crippen molar-refractivity contribution in [3.63, 3.8) is 0 Å². The summed E-state index contributed by atoms with van der Waals surface area (Å²) in [7, 11) is 0. The maximum absolute atomic E-state index is 13.7. The number of nitrogens with zero attached hydrogens (tertiary/aromatic N) is 3. The number of hydrogen-bond acceptors (Lipinski definition) is 4. The fraction of sp³-hybridized carbons (Fsp3) is 0.440. The predicted octanol–water partition coefficient (Wildman–Crippen LogP) is 4.91. The van der Waals surface area contributed by atoms with E-state index in [1.807, 2.05) is 19.9 Å². The highest BCUT2D eigenvalue weighted by molar-refractivity contribution is 6.33. The van der Waals surface area contributed by atoms with Gasteiger partial charge in [0.1, 0.15) is 11.4 Å². The van der Waals surface area contributed by atoms with Crippen LogP contribution in [0.5, 0.6) is 0 Å². The van der Waals surface area contributed by atoms with E-state index < -0.39 is 11.2 Å². The van der Waals surface area contributed by atoms with Crippen molar-refractivity contribution < 1.29 is 14.0 Å². The molecule has 0 spiro atoms. The van der Waals surface area contributed by atoms with Gasteiger partial charge in [-0.15, -0.1) is 0 Å². The molecule has 0 radical (unpaired) electrons. The fourth-order valence-electron chi connectivity index (χ4n) is 5.46. The van der Waals surface area contributed by atoms with E-state index in [0.717, 1.165) is 11.4 Å². The Hall–Kier alpha value is -3.00. The van der Waals surface area contributed by atoms with Crippen molar-refractivity contribution >= 4 is 34.7 Å². The predicted molar refractivity (Wildman–Crippen MR) is 128 cm³/mol. The summed E-state index contributed by atoms with van der Waals surface area (Å²) in [4.78, 5) is 31.0. The summed E-state index contributed by atoms with van der Waals surface area (Å²) in [5.41, 5.74) is 2.79. The molecule has 178 valence electrons. The van der Waals surface area contributed by atoms with Gasteiger partial charge in [0.15, 0.2) is 5.65 Å². The molecule has 3 aromatic rings. The number of amides is 2. The van der Waals surface area contributed by atoms with Crippen LogP contribution >= 0.6 is 11.6 Å². The quantitative estimate of drug-likeness (QED) is 0.552. The van der Waals surface area contributed by atoms with Crippen LogP contribution < -0.4 is 10.6 Å². The third kappa shape index (κ3) is 3.74. The third-order valence-electron chi connectivity index (χ3n) is 7.63. The van der Waals surface area contributed by atoms with E-state index in [1.54, 1.807) is 23.7 Å². The van der Waals surface area contributed by atoms with Crippen LogP contribution in [0.4, 0.5) is 10.1 Å². The molecule has 3 saturated carbocycles. The van der Waals surface area contributed by atoms with Gasteiger partial charge in [0.05, 0.1) is 16.9 Å². The standard InChI is InChI=1S/C25H27ClFN5O2/c1-14-10-20(18(26)12-19(14)27)30-23(34)24-4-7-25(8-5-24,9-6-24)31-22(33)17-13-28-32-16(3)11-15(2)29-21(17)32/h10-13H,4-9H2,1-3H3,(H,30,34)(H,31,33). The molecular formula is C25H27ClFN5O2. The lowest BCUT2D eigenvalue weighted by Crippen LogP contribution is -2.59. The van der Waals surface area contributed by atoms with E-state index in [2.05, 4.69) is 20.7 Å². The number of fused-ring (bicyclic) bond motifs is 4. The first-order chi connectivity index (χ1) is 16.1. The number of hydrogen-bond donors (Lipinski definition) is 2. The first-order valence-electron chi connectivity index (χ1n) is 11.5. The second-order valence-corrected chi connectivity index (χ2v) is 10.3. The molecule has 2 N–H and O–H groups in total. The summed E-state index contributed by atoms with van der Waals surface area (Å²) in [5, 5.41) is 10.7. The van der Waals surface area contributed by atoms with Gasteiger partial charge in [0.25, 0.3) is 5.91 Å². The maximum atomic E-state index is 13.7. The smallest absolute Gasteiger partial charge is 0.257 e. The second kappa shape index (κ2) is 8.05. The lowest BCUT2D eigenvalue weighted by molar-refractivity contribution is -0.132. The van der Waals surface area contributed by atoms with Gasteiger partial charge < -0.3 is 10.6 Å². The Morgan fingerprint density at radius 2 is 1.74 bits per heavy atom. The van der Waals surface area contributed by atoms with E-state index in [1.165, 1.54) is 6.07 Å². The van der Waals surface area contributed by atoms with E-state index in [9.17, 15) is 14.0 Å².